The first-order valence-electron chi connectivity index (χ1n) is 10.00. The van der Waals surface area contributed by atoms with Crippen molar-refractivity contribution >= 4 is 21.7 Å². The summed E-state index contributed by atoms with van der Waals surface area (Å²) in [6.07, 6.45) is 3.77. The molecule has 4 nitrogen and oxygen atoms in total. The first kappa shape index (κ1) is 20.2. The molecule has 1 aliphatic carbocycles. The number of aryl methyl sites for hydroxylation is 2. The topological polar surface area (TPSA) is 44.8 Å². The van der Waals surface area contributed by atoms with Gasteiger partial charge in [0.2, 0.25) is 11.5 Å². The Morgan fingerprint density at radius 2 is 1.79 bits per heavy atom. The average Bonchev–Trinajstić information content (AvgIpc) is 2.69. The lowest BCUT2D eigenvalue weighted by molar-refractivity contribution is -0.134. The van der Waals surface area contributed by atoms with Crippen molar-refractivity contribution in [3.63, 3.8) is 0 Å². The molecule has 1 aliphatic heterocycles. The van der Waals surface area contributed by atoms with Crippen molar-refractivity contribution in [2.75, 3.05) is 0 Å². The third-order valence-corrected chi connectivity index (χ3v) is 6.02. The minimum absolute atomic E-state index is 0.0340. The summed E-state index contributed by atoms with van der Waals surface area (Å²) in [6.45, 7) is 4.60. The number of Topliss-reactive ketones (excluding diaryl/α,β-unsaturated/α-hetero) is 1. The second kappa shape index (κ2) is 8.72. The van der Waals surface area contributed by atoms with Crippen molar-refractivity contribution in [1.29, 1.82) is 0 Å². The van der Waals surface area contributed by atoms with Crippen LogP contribution >= 0.6 is 15.9 Å². The largest absolute Gasteiger partial charge is 0.493 e. The van der Waals surface area contributed by atoms with Crippen LogP contribution in [0.4, 0.5) is 0 Å². The molecule has 4 rings (SSSR count). The summed E-state index contributed by atoms with van der Waals surface area (Å²) >= 11 is 3.44. The SMILES string of the molecule is Cc1cc(C)cc(OC2=COC3CC(OCc4ccc(Br)cc4)CCC3C2=O)c1. The van der Waals surface area contributed by atoms with Crippen LogP contribution in [-0.4, -0.2) is 18.0 Å². The predicted molar refractivity (Wildman–Crippen MR) is 115 cm³/mol. The molecule has 2 aliphatic rings. The van der Waals surface area contributed by atoms with E-state index in [-0.39, 0.29) is 23.9 Å². The summed E-state index contributed by atoms with van der Waals surface area (Å²) in [4.78, 5) is 12.9. The van der Waals surface area contributed by atoms with E-state index in [2.05, 4.69) is 34.1 Å². The number of carbonyl (C=O) groups excluding carboxylic acids is 1. The molecule has 2 aromatic carbocycles. The van der Waals surface area contributed by atoms with Gasteiger partial charge < -0.3 is 14.2 Å². The van der Waals surface area contributed by atoms with E-state index < -0.39 is 0 Å². The molecule has 152 valence electrons. The van der Waals surface area contributed by atoms with Crippen LogP contribution in [0.5, 0.6) is 5.75 Å². The van der Waals surface area contributed by atoms with Crippen molar-refractivity contribution in [3.05, 3.63) is 75.6 Å². The summed E-state index contributed by atoms with van der Waals surface area (Å²) in [5.74, 6) is 0.848. The summed E-state index contributed by atoms with van der Waals surface area (Å²) in [6, 6.07) is 14.1. The van der Waals surface area contributed by atoms with Crippen LogP contribution in [0.15, 0.2) is 59.0 Å². The number of hydrogen-bond acceptors (Lipinski definition) is 4. The van der Waals surface area contributed by atoms with E-state index in [4.69, 9.17) is 14.2 Å². The van der Waals surface area contributed by atoms with Crippen LogP contribution in [0.25, 0.3) is 0 Å². The number of ketones is 1. The predicted octanol–water partition coefficient (Wildman–Crippen LogP) is 5.64. The molecule has 3 atom stereocenters. The zero-order chi connectivity index (χ0) is 20.4. The summed E-state index contributed by atoms with van der Waals surface area (Å²) < 4.78 is 18.9. The second-order valence-electron chi connectivity index (χ2n) is 7.93. The fourth-order valence-corrected chi connectivity index (χ4v) is 4.34. The summed E-state index contributed by atoms with van der Waals surface area (Å²) in [5, 5.41) is 0. The molecular weight excluding hydrogens is 432 g/mol. The number of hydrogen-bond donors (Lipinski definition) is 0. The molecule has 1 saturated carbocycles. The van der Waals surface area contributed by atoms with Crippen LogP contribution in [0.1, 0.15) is 36.0 Å². The van der Waals surface area contributed by atoms with E-state index in [0.717, 1.165) is 40.4 Å². The monoisotopic (exact) mass is 456 g/mol. The number of fused-ring (bicyclic) bond motifs is 1. The molecule has 0 amide bonds. The van der Waals surface area contributed by atoms with Crippen molar-refractivity contribution < 1.29 is 19.0 Å². The summed E-state index contributed by atoms with van der Waals surface area (Å²) in [7, 11) is 0. The fourth-order valence-electron chi connectivity index (χ4n) is 4.07. The molecule has 1 fully saturated rings. The zero-order valence-corrected chi connectivity index (χ0v) is 18.3. The van der Waals surface area contributed by atoms with E-state index >= 15 is 0 Å². The Kier molecular flexibility index (Phi) is 6.07. The number of allylic oxidation sites excluding steroid dienone is 1. The Morgan fingerprint density at radius 3 is 2.52 bits per heavy atom. The van der Waals surface area contributed by atoms with E-state index in [0.29, 0.717) is 18.1 Å². The van der Waals surface area contributed by atoms with Crippen LogP contribution in [-0.2, 0) is 20.9 Å². The van der Waals surface area contributed by atoms with Gasteiger partial charge in [0, 0.05) is 10.9 Å². The Morgan fingerprint density at radius 1 is 1.07 bits per heavy atom. The molecule has 0 radical (unpaired) electrons. The number of ether oxygens (including phenoxy) is 3. The Balaban J connectivity index is 1.36. The fraction of sp³-hybridized carbons (Fsp3) is 0.375. The molecule has 0 saturated heterocycles. The summed E-state index contributed by atoms with van der Waals surface area (Å²) in [5.41, 5.74) is 3.34. The van der Waals surface area contributed by atoms with Gasteiger partial charge in [-0.25, -0.2) is 0 Å². The maximum absolute atomic E-state index is 12.9. The number of rotatable bonds is 5. The molecular formula is C24H25BrO4. The van der Waals surface area contributed by atoms with Gasteiger partial charge in [0.25, 0.3) is 0 Å². The van der Waals surface area contributed by atoms with Crippen LogP contribution in [0, 0.1) is 19.8 Å². The maximum Gasteiger partial charge on any atom is 0.207 e. The highest BCUT2D eigenvalue weighted by Gasteiger charge is 2.41. The molecule has 0 aromatic heterocycles. The lowest BCUT2D eigenvalue weighted by Crippen LogP contribution is -2.42. The van der Waals surface area contributed by atoms with E-state index in [9.17, 15) is 4.79 Å². The molecule has 29 heavy (non-hydrogen) atoms. The van der Waals surface area contributed by atoms with Gasteiger partial charge in [-0.15, -0.1) is 0 Å². The van der Waals surface area contributed by atoms with Gasteiger partial charge in [-0.05, 0) is 67.6 Å². The molecule has 2 aromatic rings. The van der Waals surface area contributed by atoms with Crippen LogP contribution in [0.3, 0.4) is 0 Å². The van der Waals surface area contributed by atoms with E-state index in [1.165, 1.54) is 6.26 Å². The van der Waals surface area contributed by atoms with Crippen molar-refractivity contribution in [2.45, 2.75) is 51.9 Å². The van der Waals surface area contributed by atoms with Gasteiger partial charge in [0.1, 0.15) is 18.1 Å². The van der Waals surface area contributed by atoms with Crippen LogP contribution in [0.2, 0.25) is 0 Å². The van der Waals surface area contributed by atoms with E-state index in [1.54, 1.807) is 0 Å². The second-order valence-corrected chi connectivity index (χ2v) is 8.84. The zero-order valence-electron chi connectivity index (χ0n) is 16.7. The van der Waals surface area contributed by atoms with Crippen molar-refractivity contribution in [2.24, 2.45) is 5.92 Å². The Bertz CT molecular complexity index is 899. The third-order valence-electron chi connectivity index (χ3n) is 5.50. The van der Waals surface area contributed by atoms with Gasteiger partial charge in [-0.2, -0.15) is 0 Å². The third kappa shape index (κ3) is 4.90. The smallest absolute Gasteiger partial charge is 0.207 e. The highest BCUT2D eigenvalue weighted by molar-refractivity contribution is 9.10. The molecule has 3 unspecified atom stereocenters. The number of benzene rings is 2. The standard InChI is InChI=1S/C24H25BrO4/c1-15-9-16(2)11-20(10-15)29-23-14-28-22-12-19(7-8-21(22)24(23)26)27-13-17-3-5-18(25)6-4-17/h3-6,9-11,14,19,21-22H,7-8,12-13H2,1-2H3. The molecule has 0 N–H and O–H groups in total. The van der Waals surface area contributed by atoms with Crippen LogP contribution < -0.4 is 4.74 Å². The molecule has 5 heteroatoms. The number of halogens is 1. The minimum atomic E-state index is -0.159. The van der Waals surface area contributed by atoms with Gasteiger partial charge in [0.05, 0.1) is 18.6 Å². The Hall–Kier alpha value is -2.11. The molecule has 0 spiro atoms. The van der Waals surface area contributed by atoms with Gasteiger partial charge in [-0.1, -0.05) is 34.1 Å². The number of carbonyl (C=O) groups is 1. The first-order valence-corrected chi connectivity index (χ1v) is 10.8. The highest BCUT2D eigenvalue weighted by atomic mass is 79.9. The molecule has 1 heterocycles. The molecule has 0 bridgehead atoms. The average molecular weight is 457 g/mol. The normalized spacial score (nSPS) is 23.8. The quantitative estimate of drug-likeness (QED) is 0.583. The first-order chi connectivity index (χ1) is 14.0. The van der Waals surface area contributed by atoms with E-state index in [1.807, 2.05) is 38.1 Å². The van der Waals surface area contributed by atoms with Crippen molar-refractivity contribution in [3.8, 4) is 5.75 Å². The van der Waals surface area contributed by atoms with Gasteiger partial charge >= 0.3 is 0 Å². The minimum Gasteiger partial charge on any atom is -0.493 e. The lowest BCUT2D eigenvalue weighted by Gasteiger charge is -2.37. The van der Waals surface area contributed by atoms with Gasteiger partial charge in [0.15, 0.2) is 0 Å². The van der Waals surface area contributed by atoms with Gasteiger partial charge in [-0.3, -0.25) is 4.79 Å². The lowest BCUT2D eigenvalue weighted by atomic mass is 9.80. The Labute approximate surface area is 180 Å². The van der Waals surface area contributed by atoms with Crippen molar-refractivity contribution in [1.82, 2.24) is 0 Å². The maximum atomic E-state index is 12.9. The highest BCUT2D eigenvalue weighted by Crippen LogP contribution is 2.35.